The van der Waals surface area contributed by atoms with Crippen molar-refractivity contribution < 1.29 is 0 Å². The van der Waals surface area contributed by atoms with E-state index in [1.165, 1.54) is 12.0 Å². The number of pyridine rings is 1. The molecule has 1 aromatic heterocycles. The lowest BCUT2D eigenvalue weighted by Crippen LogP contribution is -2.46. The Kier molecular flexibility index (Phi) is 5.08. The molecule has 110 valence electrons. The van der Waals surface area contributed by atoms with E-state index in [2.05, 4.69) is 44.1 Å². The third kappa shape index (κ3) is 3.98. The maximum atomic E-state index is 4.73. The summed E-state index contributed by atoms with van der Waals surface area (Å²) in [5.74, 6) is 1.15. The van der Waals surface area contributed by atoms with Crippen molar-refractivity contribution in [3.63, 3.8) is 0 Å². The van der Waals surface area contributed by atoms with Crippen LogP contribution in [-0.4, -0.2) is 21.9 Å². The van der Waals surface area contributed by atoms with E-state index in [0.717, 1.165) is 23.0 Å². The Hall–Kier alpha value is -1.03. The molecule has 2 heterocycles. The summed E-state index contributed by atoms with van der Waals surface area (Å²) in [6.45, 7) is 9.69. The van der Waals surface area contributed by atoms with Crippen LogP contribution in [0.3, 0.4) is 0 Å². The molecular formula is C16H25N3S. The van der Waals surface area contributed by atoms with Crippen molar-refractivity contribution in [2.24, 2.45) is 10.4 Å². The lowest BCUT2D eigenvalue weighted by molar-refractivity contribution is 0.290. The van der Waals surface area contributed by atoms with Crippen LogP contribution in [0.5, 0.6) is 0 Å². The lowest BCUT2D eigenvalue weighted by Gasteiger charge is -2.35. The molecule has 3 nitrogen and oxygen atoms in total. The quantitative estimate of drug-likeness (QED) is 0.924. The van der Waals surface area contributed by atoms with Crippen molar-refractivity contribution in [2.45, 2.75) is 53.1 Å². The Bertz CT molecular complexity index is 477. The first-order valence-corrected chi connectivity index (χ1v) is 8.36. The standard InChI is InChI=1S/C16H25N3S/c1-5-12-7-6-9-17-13(12)11-18-15-19-14(8-10-20-15)16(2,3)4/h6-7,9,14H,5,8,10-11H2,1-4H3,(H,18,19). The Morgan fingerprint density at radius 1 is 1.45 bits per heavy atom. The summed E-state index contributed by atoms with van der Waals surface area (Å²) in [5.41, 5.74) is 2.68. The summed E-state index contributed by atoms with van der Waals surface area (Å²) in [7, 11) is 0. The molecule has 1 aliphatic rings. The highest BCUT2D eigenvalue weighted by Gasteiger charge is 2.28. The van der Waals surface area contributed by atoms with Crippen molar-refractivity contribution in [3.05, 3.63) is 29.6 Å². The number of aryl methyl sites for hydroxylation is 1. The Labute approximate surface area is 126 Å². The van der Waals surface area contributed by atoms with E-state index >= 15 is 0 Å². The van der Waals surface area contributed by atoms with Crippen molar-refractivity contribution in [1.29, 1.82) is 0 Å². The summed E-state index contributed by atoms with van der Waals surface area (Å²) >= 11 is 1.83. The van der Waals surface area contributed by atoms with Crippen molar-refractivity contribution >= 4 is 16.9 Å². The van der Waals surface area contributed by atoms with Crippen LogP contribution >= 0.6 is 11.8 Å². The third-order valence-corrected chi connectivity index (χ3v) is 4.69. The fraction of sp³-hybridized carbons (Fsp3) is 0.625. The van der Waals surface area contributed by atoms with Gasteiger partial charge in [-0.2, -0.15) is 0 Å². The minimum absolute atomic E-state index is 0.279. The van der Waals surface area contributed by atoms with Gasteiger partial charge >= 0.3 is 0 Å². The van der Waals surface area contributed by atoms with Gasteiger partial charge in [-0.05, 0) is 29.9 Å². The molecule has 0 aromatic carbocycles. The normalized spacial score (nSPS) is 21.8. The molecule has 1 aliphatic heterocycles. The smallest absolute Gasteiger partial charge is 0.157 e. The van der Waals surface area contributed by atoms with Gasteiger partial charge in [-0.25, -0.2) is 0 Å². The van der Waals surface area contributed by atoms with Crippen LogP contribution in [0.2, 0.25) is 0 Å². The molecule has 0 saturated carbocycles. The monoisotopic (exact) mass is 291 g/mol. The van der Waals surface area contributed by atoms with Gasteiger partial charge in [0.25, 0.3) is 0 Å². The first-order chi connectivity index (χ1) is 9.50. The molecule has 0 bridgehead atoms. The zero-order valence-electron chi connectivity index (χ0n) is 12.9. The molecule has 4 heteroatoms. The Balaban J connectivity index is 2.04. The van der Waals surface area contributed by atoms with E-state index in [1.54, 1.807) is 0 Å². The van der Waals surface area contributed by atoms with E-state index < -0.39 is 0 Å². The fourth-order valence-corrected chi connectivity index (χ4v) is 3.29. The fourth-order valence-electron chi connectivity index (χ4n) is 2.36. The number of aliphatic imine (C=N–C) groups is 1. The summed E-state index contributed by atoms with van der Waals surface area (Å²) in [4.78, 5) is 9.19. The maximum Gasteiger partial charge on any atom is 0.157 e. The predicted octanol–water partition coefficient (Wildman–Crippen LogP) is 3.64. The second-order valence-corrected chi connectivity index (χ2v) is 7.37. The molecule has 20 heavy (non-hydrogen) atoms. The number of amidine groups is 1. The zero-order chi connectivity index (χ0) is 14.6. The van der Waals surface area contributed by atoms with Crippen LogP contribution in [0.4, 0.5) is 0 Å². The first kappa shape index (κ1) is 15.4. The number of aromatic nitrogens is 1. The van der Waals surface area contributed by atoms with Gasteiger partial charge in [0.15, 0.2) is 5.17 Å². The molecule has 1 N–H and O–H groups in total. The number of rotatable bonds is 3. The molecule has 0 spiro atoms. The summed E-state index contributed by atoms with van der Waals surface area (Å²) in [6, 6.07) is 4.65. The number of hydrogen-bond acceptors (Lipinski definition) is 3. The van der Waals surface area contributed by atoms with Gasteiger partial charge in [0, 0.05) is 18.0 Å². The van der Waals surface area contributed by atoms with Crippen LogP contribution in [0.1, 0.15) is 45.4 Å². The average molecular weight is 291 g/mol. The van der Waals surface area contributed by atoms with Gasteiger partial charge in [0.1, 0.15) is 0 Å². The summed E-state index contributed by atoms with van der Waals surface area (Å²) in [6.07, 6.45) is 4.07. The molecule has 1 fully saturated rings. The minimum Gasteiger partial charge on any atom is -0.362 e. The van der Waals surface area contributed by atoms with Gasteiger partial charge in [-0.15, -0.1) is 0 Å². The van der Waals surface area contributed by atoms with Crippen LogP contribution in [0.15, 0.2) is 23.3 Å². The van der Waals surface area contributed by atoms with Gasteiger partial charge < -0.3 is 5.32 Å². The molecule has 2 rings (SSSR count). The number of thioether (sulfide) groups is 1. The maximum absolute atomic E-state index is 4.73. The minimum atomic E-state index is 0.279. The van der Waals surface area contributed by atoms with Crippen LogP contribution in [-0.2, 0) is 13.0 Å². The van der Waals surface area contributed by atoms with Crippen LogP contribution < -0.4 is 5.32 Å². The summed E-state index contributed by atoms with van der Waals surface area (Å²) in [5, 5.41) is 4.66. The van der Waals surface area contributed by atoms with Gasteiger partial charge in [-0.1, -0.05) is 45.5 Å². The Morgan fingerprint density at radius 3 is 2.95 bits per heavy atom. The highest BCUT2D eigenvalue weighted by molar-refractivity contribution is 8.13. The first-order valence-electron chi connectivity index (χ1n) is 7.37. The SMILES string of the molecule is CCc1cccnc1CN=C1NC(C(C)(C)C)CCS1. The zero-order valence-corrected chi connectivity index (χ0v) is 13.8. The van der Waals surface area contributed by atoms with E-state index in [1.807, 2.05) is 24.0 Å². The van der Waals surface area contributed by atoms with Gasteiger partial charge in [0.2, 0.25) is 0 Å². The third-order valence-electron chi connectivity index (χ3n) is 3.73. The van der Waals surface area contributed by atoms with Crippen molar-refractivity contribution in [3.8, 4) is 0 Å². The highest BCUT2D eigenvalue weighted by atomic mass is 32.2. The molecule has 0 amide bonds. The number of hydrogen-bond donors (Lipinski definition) is 1. The molecule has 0 aliphatic carbocycles. The molecule has 0 radical (unpaired) electrons. The molecule has 1 saturated heterocycles. The highest BCUT2D eigenvalue weighted by Crippen LogP contribution is 2.27. The number of nitrogens with zero attached hydrogens (tertiary/aromatic N) is 2. The average Bonchev–Trinajstić information content (AvgIpc) is 2.45. The molecular weight excluding hydrogens is 266 g/mol. The summed E-state index contributed by atoms with van der Waals surface area (Å²) < 4.78 is 0. The number of nitrogens with one attached hydrogen (secondary N) is 1. The van der Waals surface area contributed by atoms with Crippen molar-refractivity contribution in [2.75, 3.05) is 5.75 Å². The van der Waals surface area contributed by atoms with Crippen LogP contribution in [0.25, 0.3) is 0 Å². The molecule has 1 atom stereocenters. The Morgan fingerprint density at radius 2 is 2.25 bits per heavy atom. The second kappa shape index (κ2) is 6.61. The van der Waals surface area contributed by atoms with Gasteiger partial charge in [-0.3, -0.25) is 9.98 Å². The topological polar surface area (TPSA) is 37.3 Å². The molecule has 1 unspecified atom stereocenters. The van der Waals surface area contributed by atoms with Crippen LogP contribution in [0, 0.1) is 5.41 Å². The van der Waals surface area contributed by atoms with E-state index in [-0.39, 0.29) is 5.41 Å². The second-order valence-electron chi connectivity index (χ2n) is 6.28. The van der Waals surface area contributed by atoms with E-state index in [9.17, 15) is 0 Å². The van der Waals surface area contributed by atoms with Gasteiger partial charge in [0.05, 0.1) is 12.2 Å². The van der Waals surface area contributed by atoms with E-state index in [0.29, 0.717) is 12.6 Å². The molecule has 1 aromatic rings. The predicted molar refractivity (Wildman–Crippen MR) is 88.2 cm³/mol. The van der Waals surface area contributed by atoms with E-state index in [4.69, 9.17) is 4.99 Å². The lowest BCUT2D eigenvalue weighted by atomic mass is 9.85. The van der Waals surface area contributed by atoms with Crippen molar-refractivity contribution in [1.82, 2.24) is 10.3 Å². The largest absolute Gasteiger partial charge is 0.362 e.